The van der Waals surface area contributed by atoms with Gasteiger partial charge in [0, 0.05) is 0 Å². The first-order valence-corrected chi connectivity index (χ1v) is 5.99. The summed E-state index contributed by atoms with van der Waals surface area (Å²) >= 11 is 0. The smallest absolute Gasteiger partial charge is 0.748 e. The number of unbranched alkanes of at least 4 members (excludes halogenated alkanes) is 2. The molecule has 80 valence electrons. The molecule has 0 aliphatic carbocycles. The van der Waals surface area contributed by atoms with Crippen LogP contribution in [0.15, 0.2) is 0 Å². The molecule has 0 amide bonds. The van der Waals surface area contributed by atoms with Crippen molar-refractivity contribution < 1.29 is 69.5 Å². The summed E-state index contributed by atoms with van der Waals surface area (Å²) in [6.45, 7) is 3.26. The third-order valence-electron chi connectivity index (χ3n) is 2.10. The summed E-state index contributed by atoms with van der Waals surface area (Å²) in [6, 6.07) is 0. The van der Waals surface area contributed by atoms with Crippen molar-refractivity contribution in [2.75, 3.05) is 0 Å². The predicted octanol–water partition coefficient (Wildman–Crippen LogP) is -2.13. The van der Waals surface area contributed by atoms with Crippen molar-refractivity contribution in [3.63, 3.8) is 0 Å². The van der Waals surface area contributed by atoms with E-state index in [1.54, 1.807) is 0 Å². The van der Waals surface area contributed by atoms with E-state index >= 15 is 0 Å². The molecule has 0 aromatic rings. The van der Waals surface area contributed by atoms with E-state index in [1.165, 1.54) is 6.92 Å². The average Bonchev–Trinajstić information content (AvgIpc) is 2.01. The first kappa shape index (κ1) is 17.9. The summed E-state index contributed by atoms with van der Waals surface area (Å²) in [7, 11) is -4.34. The fourth-order valence-electron chi connectivity index (χ4n) is 1.03. The van der Waals surface area contributed by atoms with E-state index in [2.05, 4.69) is 0 Å². The van der Waals surface area contributed by atoms with Gasteiger partial charge in [-0.3, -0.25) is 0 Å². The van der Waals surface area contributed by atoms with Crippen LogP contribution < -0.4 is 51.4 Å². The molecule has 6 heteroatoms. The van der Waals surface area contributed by atoms with Crippen molar-refractivity contribution >= 4 is 10.1 Å². The van der Waals surface area contributed by atoms with Gasteiger partial charge in [0.25, 0.3) is 0 Å². The van der Waals surface area contributed by atoms with Crippen LogP contribution in [0.2, 0.25) is 0 Å². The molecular weight excluding hydrogens is 231 g/mol. The molecule has 0 heterocycles. The normalized spacial score (nSPS) is 15.7. The Bertz CT molecular complexity index is 227. The van der Waals surface area contributed by atoms with Crippen LogP contribution in [0.25, 0.3) is 0 Å². The molecule has 0 saturated carbocycles. The van der Waals surface area contributed by atoms with Crippen molar-refractivity contribution in [2.24, 2.45) is 0 Å². The van der Waals surface area contributed by atoms with E-state index in [9.17, 15) is 18.1 Å². The first-order valence-electron chi connectivity index (χ1n) is 4.52. The van der Waals surface area contributed by atoms with Crippen molar-refractivity contribution in [1.29, 1.82) is 0 Å². The zero-order valence-electron chi connectivity index (χ0n) is 9.06. The van der Waals surface area contributed by atoms with Crippen LogP contribution >= 0.6 is 0 Å². The quantitative estimate of drug-likeness (QED) is 0.331. The number of aliphatic hydroxyl groups excluding tert-OH is 1. The summed E-state index contributed by atoms with van der Waals surface area (Å²) in [5.74, 6) is 0. The minimum atomic E-state index is -4.34. The Morgan fingerprint density at radius 3 is 2.21 bits per heavy atom. The zero-order valence-corrected chi connectivity index (χ0v) is 13.0. The van der Waals surface area contributed by atoms with Gasteiger partial charge in [-0.2, -0.15) is 0 Å². The maximum absolute atomic E-state index is 10.5. The molecule has 0 aromatic heterocycles. The molecular formula is C8H17KO4S. The van der Waals surface area contributed by atoms with Gasteiger partial charge < -0.3 is 9.66 Å². The molecule has 0 spiro atoms. The SMILES string of the molecule is CCCCCC(O)C(C)S(=O)(=O)[O-].[K+]. The molecule has 0 aliphatic heterocycles. The molecule has 1 N–H and O–H groups in total. The summed E-state index contributed by atoms with van der Waals surface area (Å²) in [4.78, 5) is 0. The van der Waals surface area contributed by atoms with Crippen LogP contribution in [0.1, 0.15) is 39.5 Å². The van der Waals surface area contributed by atoms with Crippen LogP contribution in [0.5, 0.6) is 0 Å². The molecule has 2 atom stereocenters. The van der Waals surface area contributed by atoms with Crippen LogP contribution in [0.3, 0.4) is 0 Å². The second-order valence-corrected chi connectivity index (χ2v) is 4.99. The minimum Gasteiger partial charge on any atom is -0.748 e. The number of hydrogen-bond acceptors (Lipinski definition) is 4. The van der Waals surface area contributed by atoms with E-state index in [4.69, 9.17) is 0 Å². The monoisotopic (exact) mass is 248 g/mol. The third kappa shape index (κ3) is 7.75. The van der Waals surface area contributed by atoms with Crippen molar-refractivity contribution in [2.45, 2.75) is 50.9 Å². The van der Waals surface area contributed by atoms with Gasteiger partial charge in [0.2, 0.25) is 0 Å². The second-order valence-electron chi connectivity index (χ2n) is 3.26. The minimum absolute atomic E-state index is 0. The predicted molar refractivity (Wildman–Crippen MR) is 49.3 cm³/mol. The molecule has 0 bridgehead atoms. The fraction of sp³-hybridized carbons (Fsp3) is 1.00. The topological polar surface area (TPSA) is 77.4 Å². The maximum Gasteiger partial charge on any atom is 1.00 e. The molecule has 14 heavy (non-hydrogen) atoms. The van der Waals surface area contributed by atoms with Gasteiger partial charge in [-0.25, -0.2) is 8.42 Å². The Morgan fingerprint density at radius 1 is 1.36 bits per heavy atom. The Kier molecular flexibility index (Phi) is 11.0. The van der Waals surface area contributed by atoms with Gasteiger partial charge in [0.1, 0.15) is 0 Å². The van der Waals surface area contributed by atoms with E-state index in [1.807, 2.05) is 6.92 Å². The summed E-state index contributed by atoms with van der Waals surface area (Å²) < 4.78 is 31.5. The Morgan fingerprint density at radius 2 is 1.86 bits per heavy atom. The van der Waals surface area contributed by atoms with Gasteiger partial charge in [0.15, 0.2) is 0 Å². The molecule has 2 unspecified atom stereocenters. The van der Waals surface area contributed by atoms with Gasteiger partial charge in [-0.1, -0.05) is 26.2 Å². The number of hydrogen-bond donors (Lipinski definition) is 1. The van der Waals surface area contributed by atoms with Gasteiger partial charge in [-0.15, -0.1) is 0 Å². The molecule has 0 radical (unpaired) electrons. The second kappa shape index (κ2) is 8.63. The molecule has 0 rings (SSSR count). The molecule has 0 saturated heterocycles. The van der Waals surface area contributed by atoms with Gasteiger partial charge in [-0.05, 0) is 13.3 Å². The number of rotatable bonds is 6. The summed E-state index contributed by atoms with van der Waals surface area (Å²) in [6.07, 6.45) is 2.08. The molecule has 0 aromatic carbocycles. The summed E-state index contributed by atoms with van der Waals surface area (Å²) in [5, 5.41) is 8.11. The zero-order chi connectivity index (χ0) is 10.5. The van der Waals surface area contributed by atoms with Gasteiger partial charge in [0.05, 0.1) is 21.5 Å². The van der Waals surface area contributed by atoms with Crippen LogP contribution in [-0.4, -0.2) is 29.4 Å². The van der Waals surface area contributed by atoms with Crippen molar-refractivity contribution in [3.8, 4) is 0 Å². The third-order valence-corrected chi connectivity index (χ3v) is 3.33. The average molecular weight is 248 g/mol. The largest absolute Gasteiger partial charge is 1.00 e. The number of aliphatic hydroxyl groups is 1. The molecule has 4 nitrogen and oxygen atoms in total. The van der Waals surface area contributed by atoms with Gasteiger partial charge >= 0.3 is 51.4 Å². The fourth-order valence-corrected chi connectivity index (χ4v) is 1.55. The van der Waals surface area contributed by atoms with Crippen LogP contribution in [0, 0.1) is 0 Å². The standard InChI is InChI=1S/C8H18O4S.K/c1-3-4-5-6-8(9)7(2)13(10,11)12;/h7-9H,3-6H2,1-2H3,(H,10,11,12);/q;+1/p-1. The summed E-state index contributed by atoms with van der Waals surface area (Å²) in [5.41, 5.74) is 0. The maximum atomic E-state index is 10.5. The Labute approximate surface area is 129 Å². The van der Waals surface area contributed by atoms with Crippen molar-refractivity contribution in [3.05, 3.63) is 0 Å². The Balaban J connectivity index is 0. The van der Waals surface area contributed by atoms with E-state index in [0.717, 1.165) is 19.3 Å². The van der Waals surface area contributed by atoms with E-state index in [-0.39, 0.29) is 51.4 Å². The van der Waals surface area contributed by atoms with E-state index < -0.39 is 21.5 Å². The Hall–Kier alpha value is 1.51. The molecule has 0 aliphatic rings. The van der Waals surface area contributed by atoms with E-state index in [0.29, 0.717) is 6.42 Å². The first-order chi connectivity index (χ1) is 5.89. The molecule has 0 fully saturated rings. The van der Waals surface area contributed by atoms with Crippen molar-refractivity contribution in [1.82, 2.24) is 0 Å². The van der Waals surface area contributed by atoms with Crippen LogP contribution in [-0.2, 0) is 10.1 Å². The van der Waals surface area contributed by atoms with Crippen LogP contribution in [0.4, 0.5) is 0 Å².